The van der Waals surface area contributed by atoms with Crippen molar-refractivity contribution in [3.05, 3.63) is 41.1 Å². The van der Waals surface area contributed by atoms with Crippen LogP contribution in [0.3, 0.4) is 0 Å². The van der Waals surface area contributed by atoms with Crippen molar-refractivity contribution in [3.63, 3.8) is 0 Å². The van der Waals surface area contributed by atoms with Gasteiger partial charge in [0.1, 0.15) is 5.75 Å². The van der Waals surface area contributed by atoms with E-state index in [-0.39, 0.29) is 0 Å². The molecule has 1 N–H and O–H groups in total. The number of aryl methyl sites for hydroxylation is 2. The van der Waals surface area contributed by atoms with Gasteiger partial charge in [0.25, 0.3) is 0 Å². The molecule has 5 heteroatoms. The fourth-order valence-electron chi connectivity index (χ4n) is 3.06. The number of aromatic nitrogens is 2. The average molecular weight is 301 g/mol. The van der Waals surface area contributed by atoms with E-state index in [1.54, 1.807) is 11.8 Å². The van der Waals surface area contributed by atoms with Crippen molar-refractivity contribution in [1.82, 2.24) is 15.1 Å². The van der Waals surface area contributed by atoms with E-state index in [2.05, 4.69) is 22.5 Å². The van der Waals surface area contributed by atoms with E-state index >= 15 is 0 Å². The number of rotatable bonds is 5. The van der Waals surface area contributed by atoms with Crippen LogP contribution in [0.25, 0.3) is 0 Å². The summed E-state index contributed by atoms with van der Waals surface area (Å²) >= 11 is 0. The number of para-hydroxylation sites is 1. The minimum absolute atomic E-state index is 0.498. The highest BCUT2D eigenvalue weighted by Gasteiger charge is 2.20. The Morgan fingerprint density at radius 1 is 1.41 bits per heavy atom. The zero-order valence-electron chi connectivity index (χ0n) is 13.4. The van der Waals surface area contributed by atoms with Crippen LogP contribution in [0, 0.1) is 12.8 Å². The quantitative estimate of drug-likeness (QED) is 0.918. The molecule has 1 atom stereocenters. The van der Waals surface area contributed by atoms with Crippen LogP contribution < -0.4 is 14.8 Å². The molecule has 1 unspecified atom stereocenters. The van der Waals surface area contributed by atoms with E-state index in [1.807, 2.05) is 26.1 Å². The number of methoxy groups -OCH3 is 1. The maximum absolute atomic E-state index is 5.83. The number of nitrogens with zero attached hydrogens (tertiary/aromatic N) is 2. The first-order valence-corrected chi connectivity index (χ1v) is 7.67. The molecule has 0 saturated carbocycles. The summed E-state index contributed by atoms with van der Waals surface area (Å²) in [4.78, 5) is 0. The van der Waals surface area contributed by atoms with Gasteiger partial charge in [-0.05, 0) is 25.0 Å². The molecule has 0 fully saturated rings. The van der Waals surface area contributed by atoms with Gasteiger partial charge in [0.2, 0.25) is 5.88 Å². The molecule has 3 rings (SSSR count). The fourth-order valence-corrected chi connectivity index (χ4v) is 3.06. The van der Waals surface area contributed by atoms with Crippen LogP contribution in [-0.4, -0.2) is 30.0 Å². The van der Waals surface area contributed by atoms with Gasteiger partial charge < -0.3 is 14.8 Å². The average Bonchev–Trinajstić information content (AvgIpc) is 2.80. The molecule has 1 aromatic heterocycles. The van der Waals surface area contributed by atoms with Crippen molar-refractivity contribution in [1.29, 1.82) is 0 Å². The van der Waals surface area contributed by atoms with E-state index in [4.69, 9.17) is 9.47 Å². The number of ether oxygens (including phenoxy) is 2. The van der Waals surface area contributed by atoms with Crippen molar-refractivity contribution >= 4 is 0 Å². The Balaban J connectivity index is 1.56. The second-order valence-electron chi connectivity index (χ2n) is 5.82. The van der Waals surface area contributed by atoms with Crippen LogP contribution in [0.15, 0.2) is 24.3 Å². The summed E-state index contributed by atoms with van der Waals surface area (Å²) in [7, 11) is 3.59. The molecule has 0 saturated heterocycles. The highest BCUT2D eigenvalue weighted by atomic mass is 16.5. The molecule has 0 amide bonds. The number of benzene rings is 1. The fraction of sp³-hybridized carbons (Fsp3) is 0.471. The normalized spacial score (nSPS) is 17.0. The topological polar surface area (TPSA) is 48.3 Å². The Bertz CT molecular complexity index is 651. The Morgan fingerprint density at radius 3 is 3.05 bits per heavy atom. The Kier molecular flexibility index (Phi) is 4.34. The standard InChI is InChI=1S/C17H23N3O2/c1-12-15(17(21-3)20(2)19-12)10-18-9-13-8-14-6-4-5-7-16(14)22-11-13/h4-7,13,18H,8-11H2,1-3H3. The van der Waals surface area contributed by atoms with Crippen molar-refractivity contribution in [2.75, 3.05) is 20.3 Å². The van der Waals surface area contributed by atoms with Gasteiger partial charge in [-0.15, -0.1) is 0 Å². The summed E-state index contributed by atoms with van der Waals surface area (Å²) in [6.07, 6.45) is 1.06. The lowest BCUT2D eigenvalue weighted by Crippen LogP contribution is -2.31. The molecule has 1 aromatic carbocycles. The minimum atomic E-state index is 0.498. The van der Waals surface area contributed by atoms with E-state index in [0.717, 1.165) is 49.0 Å². The SMILES string of the molecule is COc1c(CNCC2COc3ccccc3C2)c(C)nn1C. The maximum Gasteiger partial charge on any atom is 0.216 e. The highest BCUT2D eigenvalue weighted by Crippen LogP contribution is 2.26. The Morgan fingerprint density at radius 2 is 2.23 bits per heavy atom. The summed E-state index contributed by atoms with van der Waals surface area (Å²) in [5.74, 6) is 2.36. The monoisotopic (exact) mass is 301 g/mol. The number of fused-ring (bicyclic) bond motifs is 1. The Labute approximate surface area is 131 Å². The van der Waals surface area contributed by atoms with Gasteiger partial charge in [-0.2, -0.15) is 5.10 Å². The molecule has 118 valence electrons. The maximum atomic E-state index is 5.83. The second kappa shape index (κ2) is 6.40. The van der Waals surface area contributed by atoms with Gasteiger partial charge in [-0.25, -0.2) is 4.68 Å². The molecule has 22 heavy (non-hydrogen) atoms. The van der Waals surface area contributed by atoms with Crippen LogP contribution in [0.2, 0.25) is 0 Å². The molecule has 5 nitrogen and oxygen atoms in total. The molecule has 0 bridgehead atoms. The molecule has 2 aromatic rings. The first-order chi connectivity index (χ1) is 10.7. The van der Waals surface area contributed by atoms with E-state index in [1.165, 1.54) is 5.56 Å². The summed E-state index contributed by atoms with van der Waals surface area (Å²) in [6, 6.07) is 8.29. The van der Waals surface area contributed by atoms with Gasteiger partial charge in [-0.1, -0.05) is 18.2 Å². The summed E-state index contributed by atoms with van der Waals surface area (Å²) in [5, 5.41) is 7.92. The third-order valence-corrected chi connectivity index (χ3v) is 4.17. The van der Waals surface area contributed by atoms with Crippen molar-refractivity contribution in [2.24, 2.45) is 13.0 Å². The van der Waals surface area contributed by atoms with E-state index < -0.39 is 0 Å². The molecule has 1 aliphatic rings. The predicted molar refractivity (Wildman–Crippen MR) is 85.3 cm³/mol. The van der Waals surface area contributed by atoms with Crippen LogP contribution >= 0.6 is 0 Å². The van der Waals surface area contributed by atoms with Crippen LogP contribution in [0.5, 0.6) is 11.6 Å². The second-order valence-corrected chi connectivity index (χ2v) is 5.82. The van der Waals surface area contributed by atoms with Gasteiger partial charge in [0, 0.05) is 26.1 Å². The van der Waals surface area contributed by atoms with Gasteiger partial charge in [0.05, 0.1) is 25.0 Å². The number of hydrogen-bond donors (Lipinski definition) is 1. The first kappa shape index (κ1) is 14.9. The summed E-state index contributed by atoms with van der Waals surface area (Å²) in [5.41, 5.74) is 3.44. The lowest BCUT2D eigenvalue weighted by Gasteiger charge is -2.25. The lowest BCUT2D eigenvalue weighted by atomic mass is 9.97. The van der Waals surface area contributed by atoms with Crippen molar-refractivity contribution in [2.45, 2.75) is 19.9 Å². The van der Waals surface area contributed by atoms with Gasteiger partial charge >= 0.3 is 0 Å². The van der Waals surface area contributed by atoms with Crippen molar-refractivity contribution in [3.8, 4) is 11.6 Å². The van der Waals surface area contributed by atoms with Gasteiger partial charge in [-0.3, -0.25) is 0 Å². The zero-order chi connectivity index (χ0) is 15.5. The van der Waals surface area contributed by atoms with Crippen LogP contribution in [-0.2, 0) is 20.0 Å². The van der Waals surface area contributed by atoms with Crippen molar-refractivity contribution < 1.29 is 9.47 Å². The molecular weight excluding hydrogens is 278 g/mol. The largest absolute Gasteiger partial charge is 0.493 e. The Hall–Kier alpha value is -2.01. The minimum Gasteiger partial charge on any atom is -0.493 e. The van der Waals surface area contributed by atoms with E-state index in [9.17, 15) is 0 Å². The summed E-state index contributed by atoms with van der Waals surface area (Å²) in [6.45, 7) is 4.47. The zero-order valence-corrected chi connectivity index (χ0v) is 13.4. The molecule has 0 aliphatic carbocycles. The van der Waals surface area contributed by atoms with Crippen LogP contribution in [0.4, 0.5) is 0 Å². The summed E-state index contributed by atoms with van der Waals surface area (Å²) < 4.78 is 13.0. The molecular formula is C17H23N3O2. The first-order valence-electron chi connectivity index (χ1n) is 7.67. The molecule has 2 heterocycles. The smallest absolute Gasteiger partial charge is 0.216 e. The number of hydrogen-bond acceptors (Lipinski definition) is 4. The highest BCUT2D eigenvalue weighted by molar-refractivity contribution is 5.35. The van der Waals surface area contributed by atoms with Gasteiger partial charge in [0.15, 0.2) is 0 Å². The molecule has 0 spiro atoms. The molecule has 0 radical (unpaired) electrons. The van der Waals surface area contributed by atoms with Crippen LogP contribution in [0.1, 0.15) is 16.8 Å². The van der Waals surface area contributed by atoms with E-state index in [0.29, 0.717) is 5.92 Å². The lowest BCUT2D eigenvalue weighted by molar-refractivity contribution is 0.218. The third-order valence-electron chi connectivity index (χ3n) is 4.17. The predicted octanol–water partition coefficient (Wildman–Crippen LogP) is 2.08. The third kappa shape index (κ3) is 2.95. The number of nitrogens with one attached hydrogen (secondary N) is 1. The molecule has 1 aliphatic heterocycles.